The summed E-state index contributed by atoms with van der Waals surface area (Å²) >= 11 is 0. The van der Waals surface area contributed by atoms with Gasteiger partial charge in [-0.3, -0.25) is 9.47 Å². The van der Waals surface area contributed by atoms with Gasteiger partial charge in [0.2, 0.25) is 0 Å². The summed E-state index contributed by atoms with van der Waals surface area (Å²) in [5.74, 6) is -0.174. The Morgan fingerprint density at radius 3 is 2.74 bits per heavy atom. The maximum Gasteiger partial charge on any atom is 0.123 e. The number of benzene rings is 2. The molecular formula is C24H27FN6. The van der Waals surface area contributed by atoms with Crippen LogP contribution in [0.3, 0.4) is 0 Å². The molecule has 0 aliphatic carbocycles. The Labute approximate surface area is 181 Å². The van der Waals surface area contributed by atoms with Crippen LogP contribution >= 0.6 is 0 Å². The molecule has 1 saturated heterocycles. The summed E-state index contributed by atoms with van der Waals surface area (Å²) in [6, 6.07) is 13.8. The number of piperazine rings is 1. The van der Waals surface area contributed by atoms with Crippen molar-refractivity contribution in [3.05, 3.63) is 78.3 Å². The third kappa shape index (κ3) is 4.52. The molecule has 0 saturated carbocycles. The summed E-state index contributed by atoms with van der Waals surface area (Å²) in [4.78, 5) is 5.93. The van der Waals surface area contributed by atoms with E-state index < -0.39 is 0 Å². The Morgan fingerprint density at radius 2 is 1.90 bits per heavy atom. The number of hydrogen-bond acceptors (Lipinski definition) is 4. The summed E-state index contributed by atoms with van der Waals surface area (Å²) in [6.07, 6.45) is 8.86. The average molecular weight is 419 g/mol. The maximum absolute atomic E-state index is 13.2. The first-order valence-corrected chi connectivity index (χ1v) is 10.9. The van der Waals surface area contributed by atoms with E-state index in [0.717, 1.165) is 56.6 Å². The predicted octanol–water partition coefficient (Wildman–Crippen LogP) is 3.68. The lowest BCUT2D eigenvalue weighted by molar-refractivity contribution is 0.143. The molecule has 31 heavy (non-hydrogen) atoms. The van der Waals surface area contributed by atoms with Crippen molar-refractivity contribution in [1.29, 1.82) is 0 Å². The molecule has 3 heterocycles. The third-order valence-electron chi connectivity index (χ3n) is 6.22. The molecule has 5 rings (SSSR count). The Morgan fingerprint density at radius 1 is 1.06 bits per heavy atom. The molecule has 4 aromatic rings. The molecule has 1 fully saturated rings. The summed E-state index contributed by atoms with van der Waals surface area (Å²) in [5.41, 5.74) is 4.75. The quantitative estimate of drug-likeness (QED) is 0.481. The van der Waals surface area contributed by atoms with Crippen LogP contribution in [0.4, 0.5) is 4.39 Å². The van der Waals surface area contributed by atoms with Gasteiger partial charge in [0.1, 0.15) is 18.5 Å². The minimum atomic E-state index is -0.174. The Bertz CT molecular complexity index is 1120. The van der Waals surface area contributed by atoms with Crippen LogP contribution in [0, 0.1) is 5.82 Å². The van der Waals surface area contributed by atoms with Gasteiger partial charge >= 0.3 is 0 Å². The maximum atomic E-state index is 13.2. The molecule has 160 valence electrons. The monoisotopic (exact) mass is 418 g/mol. The van der Waals surface area contributed by atoms with Crippen LogP contribution in [-0.2, 0) is 13.0 Å². The predicted molar refractivity (Wildman–Crippen MR) is 120 cm³/mol. The molecule has 0 bridgehead atoms. The van der Waals surface area contributed by atoms with Crippen molar-refractivity contribution in [3.63, 3.8) is 0 Å². The van der Waals surface area contributed by atoms with Gasteiger partial charge < -0.3 is 10.3 Å². The second-order valence-electron chi connectivity index (χ2n) is 8.26. The largest absolute Gasteiger partial charge is 0.361 e. The number of fused-ring (bicyclic) bond motifs is 1. The van der Waals surface area contributed by atoms with Crippen molar-refractivity contribution < 1.29 is 4.39 Å². The number of aryl methyl sites for hydroxylation is 1. The Kier molecular flexibility index (Phi) is 5.78. The van der Waals surface area contributed by atoms with E-state index in [2.05, 4.69) is 49.8 Å². The van der Waals surface area contributed by atoms with Crippen molar-refractivity contribution in [2.75, 3.05) is 19.6 Å². The van der Waals surface area contributed by atoms with Crippen molar-refractivity contribution in [2.45, 2.75) is 31.8 Å². The highest BCUT2D eigenvalue weighted by atomic mass is 19.1. The fourth-order valence-corrected chi connectivity index (χ4v) is 4.52. The first kappa shape index (κ1) is 19.9. The fourth-order valence-electron chi connectivity index (χ4n) is 4.52. The zero-order valence-electron chi connectivity index (χ0n) is 17.5. The van der Waals surface area contributed by atoms with Gasteiger partial charge in [0.05, 0.1) is 0 Å². The van der Waals surface area contributed by atoms with Crippen LogP contribution in [0.25, 0.3) is 16.6 Å². The second-order valence-corrected chi connectivity index (χ2v) is 8.26. The molecule has 2 aromatic heterocycles. The summed E-state index contributed by atoms with van der Waals surface area (Å²) in [7, 11) is 0. The lowest BCUT2D eigenvalue weighted by atomic mass is 10.0. The van der Waals surface area contributed by atoms with E-state index in [9.17, 15) is 4.39 Å². The molecule has 7 heteroatoms. The number of nitrogens with one attached hydrogen (secondary N) is 2. The Hall–Kier alpha value is -3.03. The topological polar surface area (TPSA) is 61.8 Å². The zero-order chi connectivity index (χ0) is 21.0. The van der Waals surface area contributed by atoms with Crippen molar-refractivity contribution in [1.82, 2.24) is 30.0 Å². The summed E-state index contributed by atoms with van der Waals surface area (Å²) in [5, 5.41) is 12.6. The molecule has 1 aliphatic heterocycles. The number of aromatic amines is 1. The SMILES string of the molecule is Fc1ccc(CN2CCNCC2CCCc2c[nH]c3ccc(-n4cnnc4)cc23)cc1. The molecule has 0 amide bonds. The number of halogens is 1. The molecule has 2 N–H and O–H groups in total. The number of aromatic nitrogens is 4. The number of H-pyrrole nitrogens is 1. The van der Waals surface area contributed by atoms with Crippen molar-refractivity contribution in [3.8, 4) is 5.69 Å². The highest BCUT2D eigenvalue weighted by Crippen LogP contribution is 2.24. The van der Waals surface area contributed by atoms with Crippen LogP contribution in [0.5, 0.6) is 0 Å². The normalized spacial score (nSPS) is 17.4. The van der Waals surface area contributed by atoms with E-state index in [1.165, 1.54) is 16.5 Å². The van der Waals surface area contributed by atoms with Gasteiger partial charge in [0.15, 0.2) is 0 Å². The van der Waals surface area contributed by atoms with E-state index in [-0.39, 0.29) is 5.82 Å². The highest BCUT2D eigenvalue weighted by Gasteiger charge is 2.22. The smallest absolute Gasteiger partial charge is 0.123 e. The van der Waals surface area contributed by atoms with Crippen LogP contribution < -0.4 is 5.32 Å². The van der Waals surface area contributed by atoms with Gasteiger partial charge in [0, 0.05) is 55.0 Å². The standard InChI is InChI=1S/C24H27FN6/c25-20-6-4-18(5-7-20)15-30-11-10-26-14-22(30)3-1-2-19-13-27-24-9-8-21(12-23(19)24)31-16-28-29-17-31/h4-9,12-13,16-17,22,26-27H,1-3,10-11,14-15H2. The van der Waals surface area contributed by atoms with Crippen LogP contribution in [0.15, 0.2) is 61.3 Å². The van der Waals surface area contributed by atoms with Gasteiger partial charge in [0.25, 0.3) is 0 Å². The average Bonchev–Trinajstić information content (AvgIpc) is 3.47. The number of hydrogen-bond donors (Lipinski definition) is 2. The molecule has 1 aliphatic rings. The molecule has 1 unspecified atom stereocenters. The summed E-state index contributed by atoms with van der Waals surface area (Å²) in [6.45, 7) is 3.92. The Balaban J connectivity index is 1.23. The van der Waals surface area contributed by atoms with Gasteiger partial charge in [-0.25, -0.2) is 4.39 Å². The van der Waals surface area contributed by atoms with E-state index in [0.29, 0.717) is 6.04 Å². The van der Waals surface area contributed by atoms with Crippen molar-refractivity contribution >= 4 is 10.9 Å². The molecular weight excluding hydrogens is 391 g/mol. The molecule has 1 atom stereocenters. The third-order valence-corrected chi connectivity index (χ3v) is 6.22. The van der Waals surface area contributed by atoms with Gasteiger partial charge in [-0.2, -0.15) is 0 Å². The van der Waals surface area contributed by atoms with E-state index >= 15 is 0 Å². The number of rotatable bonds is 7. The van der Waals surface area contributed by atoms with Crippen LogP contribution in [0.2, 0.25) is 0 Å². The molecule has 6 nitrogen and oxygen atoms in total. The van der Waals surface area contributed by atoms with E-state index in [1.54, 1.807) is 24.8 Å². The lowest BCUT2D eigenvalue weighted by Crippen LogP contribution is -2.50. The second kappa shape index (κ2) is 8.99. The van der Waals surface area contributed by atoms with Crippen LogP contribution in [-0.4, -0.2) is 50.3 Å². The van der Waals surface area contributed by atoms with Crippen LogP contribution in [0.1, 0.15) is 24.0 Å². The van der Waals surface area contributed by atoms with Gasteiger partial charge in [-0.15, -0.1) is 10.2 Å². The van der Waals surface area contributed by atoms with E-state index in [4.69, 9.17) is 0 Å². The molecule has 0 radical (unpaired) electrons. The molecule has 0 spiro atoms. The summed E-state index contributed by atoms with van der Waals surface area (Å²) < 4.78 is 15.2. The van der Waals surface area contributed by atoms with Gasteiger partial charge in [-0.05, 0) is 60.7 Å². The van der Waals surface area contributed by atoms with Gasteiger partial charge in [-0.1, -0.05) is 12.1 Å². The number of nitrogens with zero attached hydrogens (tertiary/aromatic N) is 4. The van der Waals surface area contributed by atoms with Crippen molar-refractivity contribution in [2.24, 2.45) is 0 Å². The fraction of sp³-hybridized carbons (Fsp3) is 0.333. The first-order chi connectivity index (χ1) is 15.3. The first-order valence-electron chi connectivity index (χ1n) is 10.9. The zero-order valence-corrected chi connectivity index (χ0v) is 17.5. The van der Waals surface area contributed by atoms with E-state index in [1.807, 2.05) is 16.7 Å². The minimum absolute atomic E-state index is 0.174. The minimum Gasteiger partial charge on any atom is -0.361 e. The molecule has 2 aromatic carbocycles. The highest BCUT2D eigenvalue weighted by molar-refractivity contribution is 5.85. The lowest BCUT2D eigenvalue weighted by Gasteiger charge is -2.36.